The van der Waals surface area contributed by atoms with Crippen molar-refractivity contribution in [3.8, 4) is 17.3 Å². The smallest absolute Gasteiger partial charge is 0.335 e. The van der Waals surface area contributed by atoms with Crippen LogP contribution in [0, 0.1) is 0 Å². The third kappa shape index (κ3) is 3.89. The van der Waals surface area contributed by atoms with Crippen LogP contribution in [-0.4, -0.2) is 45.6 Å². The maximum atomic E-state index is 12.4. The number of nitrogens with zero attached hydrogens (tertiary/aromatic N) is 3. The van der Waals surface area contributed by atoms with E-state index < -0.39 is 17.1 Å². The minimum Gasteiger partial charge on any atom is -0.497 e. The molecular formula is C19H24N4O4. The third-order valence-electron chi connectivity index (χ3n) is 4.63. The van der Waals surface area contributed by atoms with Crippen LogP contribution in [0.3, 0.4) is 0 Å². The number of nitrogens with one attached hydrogen (secondary N) is 1. The highest BCUT2D eigenvalue weighted by Gasteiger charge is 2.21. The molecule has 0 atom stereocenters. The lowest BCUT2D eigenvalue weighted by atomic mass is 10.1. The van der Waals surface area contributed by atoms with Gasteiger partial charge in [0.1, 0.15) is 11.3 Å². The molecule has 1 aliphatic rings. The summed E-state index contributed by atoms with van der Waals surface area (Å²) in [4.78, 5) is 27.1. The van der Waals surface area contributed by atoms with Gasteiger partial charge in [0.2, 0.25) is 5.88 Å². The second-order valence-corrected chi connectivity index (χ2v) is 6.41. The van der Waals surface area contributed by atoms with Gasteiger partial charge < -0.3 is 9.84 Å². The highest BCUT2D eigenvalue weighted by Crippen LogP contribution is 2.21. The van der Waals surface area contributed by atoms with Gasteiger partial charge in [0.05, 0.1) is 18.5 Å². The van der Waals surface area contributed by atoms with E-state index in [9.17, 15) is 14.7 Å². The molecule has 1 fully saturated rings. The van der Waals surface area contributed by atoms with Crippen molar-refractivity contribution in [1.82, 2.24) is 14.6 Å². The summed E-state index contributed by atoms with van der Waals surface area (Å²) in [6.07, 6.45) is 3.72. The number of aromatic hydroxyl groups is 1. The first-order valence-corrected chi connectivity index (χ1v) is 9.10. The van der Waals surface area contributed by atoms with E-state index in [-0.39, 0.29) is 5.56 Å². The molecule has 1 aromatic carbocycles. The number of hydrogen-bond donors (Lipinski definition) is 2. The van der Waals surface area contributed by atoms with E-state index in [2.05, 4.69) is 10.1 Å². The van der Waals surface area contributed by atoms with E-state index in [0.29, 0.717) is 23.6 Å². The van der Waals surface area contributed by atoms with Crippen molar-refractivity contribution >= 4 is 5.71 Å². The van der Waals surface area contributed by atoms with Gasteiger partial charge in [-0.05, 0) is 49.9 Å². The standard InChI is InChI=1S/C19H24N4O4/c1-3-15(21-22-11-5-4-6-12-22)16-17(24)20-19(26)23(18(16)25)13-7-9-14(27-2)10-8-13/h7-10,25H,3-6,11-12H2,1-2H3,(H,20,24,26)/b21-15+. The summed E-state index contributed by atoms with van der Waals surface area (Å²) in [5, 5.41) is 17.3. The zero-order valence-corrected chi connectivity index (χ0v) is 15.6. The number of hydrazone groups is 1. The molecule has 3 rings (SSSR count). The van der Waals surface area contributed by atoms with E-state index in [0.717, 1.165) is 30.5 Å². The van der Waals surface area contributed by atoms with Gasteiger partial charge in [-0.2, -0.15) is 5.10 Å². The van der Waals surface area contributed by atoms with Gasteiger partial charge in [-0.15, -0.1) is 0 Å². The summed E-state index contributed by atoms with van der Waals surface area (Å²) in [5.74, 6) is 0.211. The SMILES string of the molecule is CC/C(=N\N1CCCCC1)c1c(O)n(-c2ccc(OC)cc2)c(=O)[nH]c1=O. The zero-order chi connectivity index (χ0) is 19.4. The van der Waals surface area contributed by atoms with Gasteiger partial charge in [0, 0.05) is 13.1 Å². The second-order valence-electron chi connectivity index (χ2n) is 6.41. The number of hydrogen-bond acceptors (Lipinski definition) is 6. The molecule has 1 aliphatic heterocycles. The number of piperidine rings is 1. The Bertz CT molecular complexity index is 938. The molecule has 2 aromatic rings. The van der Waals surface area contributed by atoms with Crippen molar-refractivity contribution in [2.75, 3.05) is 20.2 Å². The summed E-state index contributed by atoms with van der Waals surface area (Å²) in [6.45, 7) is 3.51. The van der Waals surface area contributed by atoms with Crippen LogP contribution in [0.5, 0.6) is 11.6 Å². The average molecular weight is 372 g/mol. The fourth-order valence-electron chi connectivity index (χ4n) is 3.20. The first-order valence-electron chi connectivity index (χ1n) is 9.10. The molecule has 2 N–H and O–H groups in total. The molecule has 8 nitrogen and oxygen atoms in total. The fourth-order valence-corrected chi connectivity index (χ4v) is 3.20. The number of rotatable bonds is 5. The van der Waals surface area contributed by atoms with Crippen molar-refractivity contribution in [3.63, 3.8) is 0 Å². The number of ether oxygens (including phenoxy) is 1. The van der Waals surface area contributed by atoms with E-state index in [4.69, 9.17) is 4.74 Å². The lowest BCUT2D eigenvalue weighted by Crippen LogP contribution is -2.34. The van der Waals surface area contributed by atoms with Crippen LogP contribution < -0.4 is 16.0 Å². The summed E-state index contributed by atoms with van der Waals surface area (Å²) in [7, 11) is 1.54. The van der Waals surface area contributed by atoms with Gasteiger partial charge in [-0.3, -0.25) is 14.8 Å². The summed E-state index contributed by atoms with van der Waals surface area (Å²) in [5.41, 5.74) is -0.444. The largest absolute Gasteiger partial charge is 0.497 e. The Labute approximate surface area is 156 Å². The molecule has 0 aliphatic carbocycles. The van der Waals surface area contributed by atoms with E-state index in [1.165, 1.54) is 6.42 Å². The van der Waals surface area contributed by atoms with E-state index in [1.807, 2.05) is 11.9 Å². The molecule has 2 heterocycles. The number of methoxy groups -OCH3 is 1. The monoisotopic (exact) mass is 372 g/mol. The molecule has 1 saturated heterocycles. The molecule has 0 unspecified atom stereocenters. The topological polar surface area (TPSA) is 99.9 Å². The summed E-state index contributed by atoms with van der Waals surface area (Å²) < 4.78 is 6.18. The predicted molar refractivity (Wildman–Crippen MR) is 103 cm³/mol. The number of H-pyrrole nitrogens is 1. The van der Waals surface area contributed by atoms with Crippen LogP contribution in [0.25, 0.3) is 5.69 Å². The summed E-state index contributed by atoms with van der Waals surface area (Å²) in [6, 6.07) is 6.62. The minimum atomic E-state index is -0.708. The first-order chi connectivity index (χ1) is 13.0. The normalized spacial score (nSPS) is 15.0. The minimum absolute atomic E-state index is 0.0264. The molecule has 0 saturated carbocycles. The molecule has 0 bridgehead atoms. The van der Waals surface area contributed by atoms with Crippen LogP contribution in [0.2, 0.25) is 0 Å². The molecule has 1 aromatic heterocycles. The highest BCUT2D eigenvalue weighted by molar-refractivity contribution is 6.01. The molecule has 0 amide bonds. The maximum Gasteiger partial charge on any atom is 0.335 e. The van der Waals surface area contributed by atoms with Gasteiger partial charge in [0.25, 0.3) is 5.56 Å². The molecule has 0 spiro atoms. The number of aromatic nitrogens is 2. The van der Waals surface area contributed by atoms with Gasteiger partial charge in [-0.25, -0.2) is 9.36 Å². The predicted octanol–water partition coefficient (Wildman–Crippen LogP) is 1.84. The van der Waals surface area contributed by atoms with Crippen LogP contribution >= 0.6 is 0 Å². The van der Waals surface area contributed by atoms with Crippen molar-refractivity contribution < 1.29 is 9.84 Å². The second kappa shape index (κ2) is 8.11. The van der Waals surface area contributed by atoms with Crippen molar-refractivity contribution in [2.45, 2.75) is 32.6 Å². The Balaban J connectivity index is 2.11. The Morgan fingerprint density at radius 2 is 1.85 bits per heavy atom. The highest BCUT2D eigenvalue weighted by atomic mass is 16.5. The van der Waals surface area contributed by atoms with Crippen LogP contribution in [0.15, 0.2) is 39.0 Å². The van der Waals surface area contributed by atoms with Gasteiger partial charge in [-0.1, -0.05) is 6.92 Å². The third-order valence-corrected chi connectivity index (χ3v) is 4.63. The maximum absolute atomic E-state index is 12.4. The Hall–Kier alpha value is -3.03. The quantitative estimate of drug-likeness (QED) is 0.780. The Morgan fingerprint density at radius 3 is 2.44 bits per heavy atom. The van der Waals surface area contributed by atoms with Crippen LogP contribution in [0.1, 0.15) is 38.2 Å². The fraction of sp³-hybridized carbons (Fsp3) is 0.421. The lowest BCUT2D eigenvalue weighted by molar-refractivity contribution is 0.239. The Morgan fingerprint density at radius 1 is 1.19 bits per heavy atom. The zero-order valence-electron chi connectivity index (χ0n) is 15.6. The number of benzene rings is 1. The van der Waals surface area contributed by atoms with E-state index >= 15 is 0 Å². The molecule has 8 heteroatoms. The molecule has 0 radical (unpaired) electrons. The van der Waals surface area contributed by atoms with Crippen molar-refractivity contribution in [1.29, 1.82) is 0 Å². The summed E-state index contributed by atoms with van der Waals surface area (Å²) >= 11 is 0. The molecule has 144 valence electrons. The number of aromatic amines is 1. The Kier molecular flexibility index (Phi) is 5.63. The average Bonchev–Trinajstić information content (AvgIpc) is 2.68. The first kappa shape index (κ1) is 18.8. The van der Waals surface area contributed by atoms with Gasteiger partial charge in [0.15, 0.2) is 0 Å². The van der Waals surface area contributed by atoms with Crippen LogP contribution in [0.4, 0.5) is 0 Å². The molecule has 27 heavy (non-hydrogen) atoms. The van der Waals surface area contributed by atoms with E-state index in [1.54, 1.807) is 31.4 Å². The molecular weight excluding hydrogens is 348 g/mol. The lowest BCUT2D eigenvalue weighted by Gasteiger charge is -2.25. The van der Waals surface area contributed by atoms with Crippen molar-refractivity contribution in [2.24, 2.45) is 5.10 Å². The van der Waals surface area contributed by atoms with Crippen molar-refractivity contribution in [3.05, 3.63) is 50.7 Å². The van der Waals surface area contributed by atoms with Gasteiger partial charge >= 0.3 is 5.69 Å². The van der Waals surface area contributed by atoms with Crippen LogP contribution in [-0.2, 0) is 0 Å².